The second kappa shape index (κ2) is 18.4. The van der Waals surface area contributed by atoms with Crippen LogP contribution in [0.1, 0.15) is 27.7 Å². The summed E-state index contributed by atoms with van der Waals surface area (Å²) in [6.07, 6.45) is 1.73. The molecule has 62 heavy (non-hydrogen) atoms. The van der Waals surface area contributed by atoms with Crippen molar-refractivity contribution >= 4 is 62.9 Å². The Morgan fingerprint density at radius 1 is 0.532 bits per heavy atom. The second-order valence-electron chi connectivity index (χ2n) is 16.3. The van der Waals surface area contributed by atoms with Crippen molar-refractivity contribution in [1.29, 1.82) is 0 Å². The molecule has 0 saturated carbocycles. The molecule has 4 aliphatic rings. The quantitative estimate of drug-likeness (QED) is 0.155. The van der Waals surface area contributed by atoms with Crippen LogP contribution in [-0.4, -0.2) is 138 Å². The maximum Gasteiger partial charge on any atom is 0.229 e. The van der Waals surface area contributed by atoms with Crippen LogP contribution in [-0.2, 0) is 18.9 Å². The minimum absolute atomic E-state index is 0.199. The average Bonchev–Trinajstić information content (AvgIpc) is 3.29. The summed E-state index contributed by atoms with van der Waals surface area (Å²) in [5.74, 6) is 3.22. The summed E-state index contributed by atoms with van der Waals surface area (Å²) in [6.45, 7) is 17.1. The van der Waals surface area contributed by atoms with Gasteiger partial charge in [-0.3, -0.25) is 0 Å². The highest BCUT2D eigenvalue weighted by Gasteiger charge is 2.29. The fourth-order valence-corrected chi connectivity index (χ4v) is 8.45. The number of anilines is 5. The standard InChI is InChI=1S/C23H28N6O2.C22H25ClN6O2/c1-15-13-30-10-8-28(15)22-19-6-7-20(17-4-3-5-18(24)12-17)25-21(19)26-23(27-22)29-9-11-31-14-16(29)2;1-14-12-30-9-7-28(14)21-17-4-5-18(16-3-6-19(23)24-11-16)25-20(17)26-22(27-21)29-8-10-31-13-15(29)2/h3-7,12,15-16H,8-11,13-14,24H2,1-2H3;3-6,11,14-15H,7-10,12-13H2,1-2H3/t15-,16-;14-,15-/m00/s1. The summed E-state index contributed by atoms with van der Waals surface area (Å²) in [6, 6.07) is 20.5. The van der Waals surface area contributed by atoms with Gasteiger partial charge < -0.3 is 44.3 Å². The minimum atomic E-state index is 0.199. The number of pyridine rings is 3. The Hall–Kier alpha value is -5.52. The van der Waals surface area contributed by atoms with Gasteiger partial charge >= 0.3 is 0 Å². The maximum atomic E-state index is 5.99. The molecule has 0 amide bonds. The monoisotopic (exact) mass is 860 g/mol. The first-order valence-corrected chi connectivity index (χ1v) is 21.8. The number of morpholine rings is 4. The number of fused-ring (bicyclic) bond motifs is 2. The van der Waals surface area contributed by atoms with Gasteiger partial charge in [-0.15, -0.1) is 0 Å². The lowest BCUT2D eigenvalue weighted by molar-refractivity contribution is 0.0972. The number of halogens is 1. The van der Waals surface area contributed by atoms with Crippen molar-refractivity contribution in [3.05, 3.63) is 72.0 Å². The van der Waals surface area contributed by atoms with E-state index in [1.165, 1.54) is 0 Å². The van der Waals surface area contributed by atoms with Crippen LogP contribution in [0.4, 0.5) is 29.2 Å². The predicted octanol–water partition coefficient (Wildman–Crippen LogP) is 5.91. The summed E-state index contributed by atoms with van der Waals surface area (Å²) >= 11 is 5.95. The molecule has 0 unspecified atom stereocenters. The average molecular weight is 861 g/mol. The molecule has 324 valence electrons. The molecule has 17 heteroatoms. The van der Waals surface area contributed by atoms with Gasteiger partial charge in [0.25, 0.3) is 0 Å². The summed E-state index contributed by atoms with van der Waals surface area (Å²) in [7, 11) is 0. The number of rotatable bonds is 6. The number of ether oxygens (including phenoxy) is 4. The van der Waals surface area contributed by atoms with Crippen LogP contribution >= 0.6 is 11.6 Å². The van der Waals surface area contributed by atoms with Crippen molar-refractivity contribution in [3.8, 4) is 22.5 Å². The van der Waals surface area contributed by atoms with E-state index >= 15 is 0 Å². The third kappa shape index (κ3) is 8.88. The molecular formula is C45H53ClN12O4. The molecule has 0 bridgehead atoms. The van der Waals surface area contributed by atoms with Crippen LogP contribution in [0.15, 0.2) is 66.9 Å². The van der Waals surface area contributed by atoms with Gasteiger partial charge in [0.1, 0.15) is 16.8 Å². The number of aromatic nitrogens is 7. The topological polar surface area (TPSA) is 166 Å². The molecule has 4 aliphatic heterocycles. The number of benzene rings is 1. The number of hydrogen-bond acceptors (Lipinski definition) is 16. The first-order valence-electron chi connectivity index (χ1n) is 21.4. The van der Waals surface area contributed by atoms with Crippen LogP contribution in [0.3, 0.4) is 0 Å². The van der Waals surface area contributed by atoms with Crippen LogP contribution < -0.4 is 25.3 Å². The largest absolute Gasteiger partial charge is 0.399 e. The van der Waals surface area contributed by atoms with E-state index in [-0.39, 0.29) is 24.2 Å². The minimum Gasteiger partial charge on any atom is -0.399 e. The fourth-order valence-electron chi connectivity index (χ4n) is 8.34. The van der Waals surface area contributed by atoms with Crippen LogP contribution in [0.2, 0.25) is 5.15 Å². The molecule has 6 aromatic rings. The number of hydrogen-bond donors (Lipinski definition) is 1. The lowest BCUT2D eigenvalue weighted by Crippen LogP contribution is -2.46. The van der Waals surface area contributed by atoms with E-state index < -0.39 is 0 Å². The Morgan fingerprint density at radius 2 is 1.00 bits per heavy atom. The molecule has 4 fully saturated rings. The SMILES string of the molecule is C[C@H]1COCCN1c1nc(N2CCOC[C@@H]2C)c2ccc(-c3ccc(Cl)nc3)nc2n1.C[C@H]1COCCN1c1nc(N2CCOC[C@@H]2C)c2ccc(-c3cccc(N)c3)nc2n1. The van der Waals surface area contributed by atoms with Gasteiger partial charge in [-0.05, 0) is 76.2 Å². The van der Waals surface area contributed by atoms with Crippen molar-refractivity contribution in [2.45, 2.75) is 51.9 Å². The van der Waals surface area contributed by atoms with E-state index in [1.54, 1.807) is 12.3 Å². The van der Waals surface area contributed by atoms with Crippen molar-refractivity contribution < 1.29 is 18.9 Å². The van der Waals surface area contributed by atoms with E-state index in [2.05, 4.69) is 64.4 Å². The normalized spacial score (nSPS) is 22.1. The lowest BCUT2D eigenvalue weighted by atomic mass is 10.1. The summed E-state index contributed by atoms with van der Waals surface area (Å²) in [5.41, 5.74) is 11.6. The summed E-state index contributed by atoms with van der Waals surface area (Å²) in [5, 5.41) is 2.34. The van der Waals surface area contributed by atoms with Crippen molar-refractivity contribution in [1.82, 2.24) is 34.9 Å². The van der Waals surface area contributed by atoms with Gasteiger partial charge in [0, 0.05) is 49.2 Å². The lowest BCUT2D eigenvalue weighted by Gasteiger charge is -2.37. The molecule has 0 spiro atoms. The first-order chi connectivity index (χ1) is 30.2. The molecular weight excluding hydrogens is 808 g/mol. The van der Waals surface area contributed by atoms with Crippen molar-refractivity contribution in [2.75, 3.05) is 104 Å². The summed E-state index contributed by atoms with van der Waals surface area (Å²) in [4.78, 5) is 42.9. The fraction of sp³-hybridized carbons (Fsp3) is 0.444. The van der Waals surface area contributed by atoms with Crippen molar-refractivity contribution in [2.24, 2.45) is 0 Å². The van der Waals surface area contributed by atoms with Gasteiger partial charge in [-0.2, -0.15) is 19.9 Å². The number of nitrogens with zero attached hydrogens (tertiary/aromatic N) is 11. The zero-order chi connectivity index (χ0) is 42.7. The zero-order valence-corrected chi connectivity index (χ0v) is 36.4. The molecule has 4 atom stereocenters. The Morgan fingerprint density at radius 3 is 1.44 bits per heavy atom. The van der Waals surface area contributed by atoms with Gasteiger partial charge in [-0.1, -0.05) is 23.7 Å². The third-order valence-electron chi connectivity index (χ3n) is 11.8. The van der Waals surface area contributed by atoms with E-state index in [4.69, 9.17) is 66.2 Å². The zero-order valence-electron chi connectivity index (χ0n) is 35.7. The highest BCUT2D eigenvalue weighted by molar-refractivity contribution is 6.29. The molecule has 4 saturated heterocycles. The summed E-state index contributed by atoms with van der Waals surface area (Å²) < 4.78 is 22.5. The van der Waals surface area contributed by atoms with E-state index in [0.29, 0.717) is 86.9 Å². The van der Waals surface area contributed by atoms with E-state index in [1.807, 2.05) is 42.5 Å². The smallest absolute Gasteiger partial charge is 0.229 e. The van der Waals surface area contributed by atoms with Crippen LogP contribution in [0, 0.1) is 0 Å². The van der Waals surface area contributed by atoms with Gasteiger partial charge in [0.2, 0.25) is 11.9 Å². The molecule has 16 nitrogen and oxygen atoms in total. The van der Waals surface area contributed by atoms with Crippen LogP contribution in [0.25, 0.3) is 44.6 Å². The molecule has 2 N–H and O–H groups in total. The van der Waals surface area contributed by atoms with E-state index in [0.717, 1.165) is 71.1 Å². The Kier molecular flexibility index (Phi) is 12.4. The van der Waals surface area contributed by atoms with Crippen molar-refractivity contribution in [3.63, 3.8) is 0 Å². The van der Waals surface area contributed by atoms with Crippen LogP contribution in [0.5, 0.6) is 0 Å². The molecule has 5 aromatic heterocycles. The number of nitrogens with two attached hydrogens (primary N) is 1. The number of nitrogen functional groups attached to an aromatic ring is 1. The molecule has 0 radical (unpaired) electrons. The highest BCUT2D eigenvalue weighted by Crippen LogP contribution is 2.33. The Bertz CT molecular complexity index is 2520. The molecule has 1 aromatic carbocycles. The predicted molar refractivity (Wildman–Crippen MR) is 243 cm³/mol. The maximum absolute atomic E-state index is 5.99. The molecule has 9 heterocycles. The van der Waals surface area contributed by atoms with Gasteiger partial charge in [0.15, 0.2) is 11.3 Å². The Labute approximate surface area is 366 Å². The Balaban J connectivity index is 0.000000158. The second-order valence-corrected chi connectivity index (χ2v) is 16.7. The third-order valence-corrected chi connectivity index (χ3v) is 12.0. The first kappa shape index (κ1) is 41.8. The van der Waals surface area contributed by atoms with Gasteiger partial charge in [0.05, 0.1) is 99.2 Å². The molecule has 10 rings (SSSR count). The van der Waals surface area contributed by atoms with Gasteiger partial charge in [-0.25, -0.2) is 15.0 Å². The van der Waals surface area contributed by atoms with E-state index in [9.17, 15) is 0 Å². The molecule has 0 aliphatic carbocycles. The highest BCUT2D eigenvalue weighted by atomic mass is 35.5.